The monoisotopic (exact) mass is 287 g/mol. The number of rotatable bonds is 3. The van der Waals surface area contributed by atoms with Crippen LogP contribution in [0.25, 0.3) is 10.2 Å². The molecule has 0 radical (unpaired) electrons. The van der Waals surface area contributed by atoms with Crippen molar-refractivity contribution in [2.45, 2.75) is 9.37 Å². The predicted octanol–water partition coefficient (Wildman–Crippen LogP) is 2.52. The van der Waals surface area contributed by atoms with Gasteiger partial charge in [-0.3, -0.25) is 5.41 Å². The molecule has 0 aliphatic carbocycles. The molecule has 0 aliphatic heterocycles. The van der Waals surface area contributed by atoms with Crippen LogP contribution in [0.4, 0.5) is 0 Å². The molecule has 1 aromatic carbocycles. The second kappa shape index (κ2) is 4.94. The topological polar surface area (TPSA) is 88.5 Å². The van der Waals surface area contributed by atoms with Gasteiger partial charge in [0.1, 0.15) is 16.6 Å². The number of nitrogen functional groups attached to an aromatic ring is 1. The van der Waals surface area contributed by atoms with Gasteiger partial charge in [0.15, 0.2) is 4.34 Å². The molecule has 0 amide bonds. The number of nitrogens with zero attached hydrogens (tertiary/aromatic N) is 3. The van der Waals surface area contributed by atoms with Crippen molar-refractivity contribution in [3.05, 3.63) is 42.4 Å². The first-order valence-electron chi connectivity index (χ1n) is 5.42. The van der Waals surface area contributed by atoms with Gasteiger partial charge in [-0.2, -0.15) is 0 Å². The Labute approximate surface area is 117 Å². The number of fused-ring (bicyclic) bond motifs is 1. The van der Waals surface area contributed by atoms with E-state index >= 15 is 0 Å². The summed E-state index contributed by atoms with van der Waals surface area (Å²) in [6, 6.07) is 8.00. The van der Waals surface area contributed by atoms with E-state index in [1.54, 1.807) is 17.5 Å². The molecule has 7 heteroatoms. The van der Waals surface area contributed by atoms with Crippen LogP contribution in [0, 0.1) is 5.41 Å². The van der Waals surface area contributed by atoms with Crippen molar-refractivity contribution in [3.8, 4) is 0 Å². The average Bonchev–Trinajstić information content (AvgIpc) is 2.81. The summed E-state index contributed by atoms with van der Waals surface area (Å²) < 4.78 is 2.07. The van der Waals surface area contributed by atoms with E-state index in [0.29, 0.717) is 5.69 Å². The first kappa shape index (κ1) is 12.1. The third-order valence-electron chi connectivity index (χ3n) is 2.37. The number of amidine groups is 1. The summed E-state index contributed by atoms with van der Waals surface area (Å²) in [6.45, 7) is 0. The van der Waals surface area contributed by atoms with E-state index < -0.39 is 0 Å². The number of para-hydroxylation sites is 1. The van der Waals surface area contributed by atoms with Crippen LogP contribution in [-0.2, 0) is 0 Å². The van der Waals surface area contributed by atoms with Gasteiger partial charge in [-0.1, -0.05) is 12.1 Å². The van der Waals surface area contributed by atoms with E-state index in [0.717, 1.165) is 19.6 Å². The van der Waals surface area contributed by atoms with Gasteiger partial charge in [-0.05, 0) is 23.9 Å². The van der Waals surface area contributed by atoms with Crippen molar-refractivity contribution < 1.29 is 0 Å². The van der Waals surface area contributed by atoms with E-state index in [1.165, 1.54) is 18.0 Å². The van der Waals surface area contributed by atoms with Crippen LogP contribution in [-0.4, -0.2) is 20.8 Å². The summed E-state index contributed by atoms with van der Waals surface area (Å²) in [5.41, 5.74) is 6.70. The molecule has 3 aromatic rings. The molecule has 3 N–H and O–H groups in total. The molecule has 0 saturated carbocycles. The lowest BCUT2D eigenvalue weighted by Crippen LogP contribution is -2.13. The normalized spacial score (nSPS) is 10.7. The van der Waals surface area contributed by atoms with Crippen LogP contribution < -0.4 is 5.73 Å². The number of hydrogen-bond acceptors (Lipinski definition) is 6. The maximum atomic E-state index is 7.26. The SMILES string of the molecule is N=C(N)c1cnc(Sc2nc3ccccc3s2)cn1. The van der Waals surface area contributed by atoms with Crippen molar-refractivity contribution in [2.75, 3.05) is 0 Å². The fourth-order valence-electron chi connectivity index (χ4n) is 1.49. The molecule has 0 spiro atoms. The van der Waals surface area contributed by atoms with Crippen molar-refractivity contribution in [3.63, 3.8) is 0 Å². The summed E-state index contributed by atoms with van der Waals surface area (Å²) in [5.74, 6) is -0.0796. The molecule has 0 fully saturated rings. The lowest BCUT2D eigenvalue weighted by atomic mass is 10.3. The highest BCUT2D eigenvalue weighted by Gasteiger charge is 2.07. The van der Waals surface area contributed by atoms with Gasteiger partial charge in [0.2, 0.25) is 0 Å². The largest absolute Gasteiger partial charge is 0.382 e. The molecule has 0 unspecified atom stereocenters. The average molecular weight is 287 g/mol. The lowest BCUT2D eigenvalue weighted by molar-refractivity contribution is 1.04. The molecule has 5 nitrogen and oxygen atoms in total. The minimum Gasteiger partial charge on any atom is -0.382 e. The second-order valence-electron chi connectivity index (χ2n) is 3.70. The third-order valence-corrected chi connectivity index (χ3v) is 4.39. The zero-order chi connectivity index (χ0) is 13.2. The van der Waals surface area contributed by atoms with Crippen molar-refractivity contribution in [1.29, 1.82) is 5.41 Å². The Morgan fingerprint density at radius 1 is 1.21 bits per heavy atom. The van der Waals surface area contributed by atoms with Gasteiger partial charge in [0.05, 0.1) is 22.6 Å². The molecule has 94 valence electrons. The van der Waals surface area contributed by atoms with Gasteiger partial charge in [-0.25, -0.2) is 15.0 Å². The standard InChI is InChI=1S/C12H9N5S2/c13-11(14)8-5-16-10(6-15-8)19-12-17-7-3-1-2-4-9(7)18-12/h1-6H,(H3,13,14). The number of thiazole rings is 1. The van der Waals surface area contributed by atoms with Crippen LogP contribution in [0.1, 0.15) is 5.69 Å². The van der Waals surface area contributed by atoms with Gasteiger partial charge >= 0.3 is 0 Å². The van der Waals surface area contributed by atoms with Crippen LogP contribution in [0.5, 0.6) is 0 Å². The molecule has 3 rings (SSSR count). The van der Waals surface area contributed by atoms with Gasteiger partial charge in [-0.15, -0.1) is 11.3 Å². The summed E-state index contributed by atoms with van der Waals surface area (Å²) in [4.78, 5) is 12.8. The van der Waals surface area contributed by atoms with E-state index in [4.69, 9.17) is 11.1 Å². The van der Waals surface area contributed by atoms with Gasteiger partial charge in [0.25, 0.3) is 0 Å². The Morgan fingerprint density at radius 3 is 2.74 bits per heavy atom. The van der Waals surface area contributed by atoms with Crippen LogP contribution >= 0.6 is 23.1 Å². The van der Waals surface area contributed by atoms with Crippen molar-refractivity contribution >= 4 is 39.2 Å². The zero-order valence-corrected chi connectivity index (χ0v) is 11.3. The van der Waals surface area contributed by atoms with Crippen LogP contribution in [0.2, 0.25) is 0 Å². The quantitative estimate of drug-likeness (QED) is 0.571. The molecule has 0 bridgehead atoms. The smallest absolute Gasteiger partial charge is 0.157 e. The fraction of sp³-hybridized carbons (Fsp3) is 0. The molecule has 0 atom stereocenters. The number of aromatic nitrogens is 3. The van der Waals surface area contributed by atoms with Gasteiger partial charge in [0, 0.05) is 0 Å². The van der Waals surface area contributed by atoms with Crippen molar-refractivity contribution in [1.82, 2.24) is 15.0 Å². The Bertz CT molecular complexity index is 702. The highest BCUT2D eigenvalue weighted by atomic mass is 32.2. The number of nitrogens with one attached hydrogen (secondary N) is 1. The lowest BCUT2D eigenvalue weighted by Gasteiger charge is -1.98. The number of nitrogens with two attached hydrogens (primary N) is 1. The molecule has 2 aromatic heterocycles. The molecular formula is C12H9N5S2. The highest BCUT2D eigenvalue weighted by Crippen LogP contribution is 2.32. The first-order chi connectivity index (χ1) is 9.22. The summed E-state index contributed by atoms with van der Waals surface area (Å²) in [6.07, 6.45) is 3.10. The minimum atomic E-state index is -0.0796. The van der Waals surface area contributed by atoms with E-state index in [-0.39, 0.29) is 5.84 Å². The summed E-state index contributed by atoms with van der Waals surface area (Å²) >= 11 is 3.08. The summed E-state index contributed by atoms with van der Waals surface area (Å²) in [7, 11) is 0. The maximum absolute atomic E-state index is 7.26. The van der Waals surface area contributed by atoms with E-state index in [9.17, 15) is 0 Å². The third kappa shape index (κ3) is 2.56. The van der Waals surface area contributed by atoms with E-state index in [1.807, 2.05) is 24.3 Å². The highest BCUT2D eigenvalue weighted by molar-refractivity contribution is 8.01. The predicted molar refractivity (Wildman–Crippen MR) is 76.8 cm³/mol. The molecule has 0 aliphatic rings. The Balaban J connectivity index is 1.86. The Morgan fingerprint density at radius 2 is 2.05 bits per heavy atom. The summed E-state index contributed by atoms with van der Waals surface area (Å²) in [5, 5.41) is 8.00. The van der Waals surface area contributed by atoms with Crippen molar-refractivity contribution in [2.24, 2.45) is 5.73 Å². The molecule has 0 saturated heterocycles. The molecular weight excluding hydrogens is 278 g/mol. The number of benzene rings is 1. The van der Waals surface area contributed by atoms with Gasteiger partial charge < -0.3 is 5.73 Å². The molecule has 19 heavy (non-hydrogen) atoms. The second-order valence-corrected chi connectivity index (χ2v) is 6.00. The fourth-order valence-corrected chi connectivity index (χ4v) is 3.42. The zero-order valence-electron chi connectivity index (χ0n) is 9.70. The minimum absolute atomic E-state index is 0.0796. The van der Waals surface area contributed by atoms with E-state index in [2.05, 4.69) is 15.0 Å². The Hall–Kier alpha value is -1.99. The number of hydrogen-bond donors (Lipinski definition) is 2. The molecule has 2 heterocycles. The first-order valence-corrected chi connectivity index (χ1v) is 7.05. The Kier molecular flexibility index (Phi) is 3.14. The van der Waals surface area contributed by atoms with Crippen LogP contribution in [0.15, 0.2) is 46.0 Å². The van der Waals surface area contributed by atoms with Crippen LogP contribution in [0.3, 0.4) is 0 Å². The maximum Gasteiger partial charge on any atom is 0.157 e.